The van der Waals surface area contributed by atoms with E-state index in [0.717, 1.165) is 17.3 Å². The van der Waals surface area contributed by atoms with Crippen LogP contribution in [0.3, 0.4) is 0 Å². The van der Waals surface area contributed by atoms with E-state index in [1.807, 2.05) is 12.1 Å². The van der Waals surface area contributed by atoms with Crippen molar-refractivity contribution >= 4 is 33.7 Å². The first-order valence-corrected chi connectivity index (χ1v) is 10.3. The third-order valence-corrected chi connectivity index (χ3v) is 5.38. The molecule has 2 aromatic carbocycles. The highest BCUT2D eigenvalue weighted by molar-refractivity contribution is 9.10. The van der Waals surface area contributed by atoms with Crippen molar-refractivity contribution in [1.29, 1.82) is 0 Å². The van der Waals surface area contributed by atoms with Crippen molar-refractivity contribution in [2.45, 2.75) is 19.8 Å². The monoisotopic (exact) mass is 458 g/mol. The lowest BCUT2D eigenvalue weighted by atomic mass is 9.96. The maximum absolute atomic E-state index is 12.7. The van der Waals surface area contributed by atoms with Gasteiger partial charge in [-0.15, -0.1) is 0 Å². The van der Waals surface area contributed by atoms with Crippen LogP contribution in [0, 0.1) is 5.92 Å². The standard InChI is InChI=1S/C22H23BrN2O4/c1-15(26)29-20-7-3-5-18(13-20)22(28)25-10-8-16(9-11-25)14-24-21(27)17-4-2-6-19(23)12-17/h2-7,12-13,16H,8-11,14H2,1H3,(H,24,27). The van der Waals surface area contributed by atoms with Crippen molar-refractivity contribution in [2.75, 3.05) is 19.6 Å². The Morgan fingerprint density at radius 2 is 1.76 bits per heavy atom. The average Bonchev–Trinajstić information content (AvgIpc) is 2.71. The quantitative estimate of drug-likeness (QED) is 0.547. The number of rotatable bonds is 5. The van der Waals surface area contributed by atoms with E-state index in [1.165, 1.54) is 6.92 Å². The van der Waals surface area contributed by atoms with Gasteiger partial charge in [-0.25, -0.2) is 0 Å². The Morgan fingerprint density at radius 3 is 2.45 bits per heavy atom. The molecule has 1 saturated heterocycles. The normalized spacial score (nSPS) is 14.3. The van der Waals surface area contributed by atoms with E-state index in [9.17, 15) is 14.4 Å². The molecule has 1 aliphatic rings. The molecule has 1 aliphatic heterocycles. The average molecular weight is 459 g/mol. The molecular weight excluding hydrogens is 436 g/mol. The van der Waals surface area contributed by atoms with Crippen LogP contribution in [-0.2, 0) is 4.79 Å². The highest BCUT2D eigenvalue weighted by atomic mass is 79.9. The topological polar surface area (TPSA) is 75.7 Å². The Kier molecular flexibility index (Phi) is 7.04. The molecule has 29 heavy (non-hydrogen) atoms. The molecule has 0 saturated carbocycles. The summed E-state index contributed by atoms with van der Waals surface area (Å²) >= 11 is 3.37. The van der Waals surface area contributed by atoms with Crippen LogP contribution in [0.5, 0.6) is 5.75 Å². The van der Waals surface area contributed by atoms with E-state index in [1.54, 1.807) is 41.3 Å². The number of hydrogen-bond donors (Lipinski definition) is 1. The number of hydrogen-bond acceptors (Lipinski definition) is 4. The summed E-state index contributed by atoms with van der Waals surface area (Å²) in [5.41, 5.74) is 1.13. The lowest BCUT2D eigenvalue weighted by molar-refractivity contribution is -0.131. The second kappa shape index (κ2) is 9.69. The van der Waals surface area contributed by atoms with E-state index in [4.69, 9.17) is 4.74 Å². The van der Waals surface area contributed by atoms with Crippen LogP contribution in [0.2, 0.25) is 0 Å². The smallest absolute Gasteiger partial charge is 0.308 e. The minimum absolute atomic E-state index is 0.0735. The minimum atomic E-state index is -0.416. The maximum atomic E-state index is 12.7. The first-order chi connectivity index (χ1) is 13.9. The summed E-state index contributed by atoms with van der Waals surface area (Å²) in [6, 6.07) is 14.0. The van der Waals surface area contributed by atoms with Crippen molar-refractivity contribution in [2.24, 2.45) is 5.92 Å². The van der Waals surface area contributed by atoms with Crippen LogP contribution in [0.25, 0.3) is 0 Å². The summed E-state index contributed by atoms with van der Waals surface area (Å²) in [4.78, 5) is 37.9. The number of esters is 1. The molecule has 0 spiro atoms. The van der Waals surface area contributed by atoms with Crippen molar-refractivity contribution in [3.05, 3.63) is 64.1 Å². The van der Waals surface area contributed by atoms with Crippen LogP contribution >= 0.6 is 15.9 Å². The van der Waals surface area contributed by atoms with Crippen molar-refractivity contribution in [3.63, 3.8) is 0 Å². The zero-order valence-corrected chi connectivity index (χ0v) is 17.8. The Balaban J connectivity index is 1.49. The number of carbonyl (C=O) groups is 3. The highest BCUT2D eigenvalue weighted by Gasteiger charge is 2.24. The maximum Gasteiger partial charge on any atom is 0.308 e. The largest absolute Gasteiger partial charge is 0.427 e. The Hall–Kier alpha value is -2.67. The van der Waals surface area contributed by atoms with Gasteiger partial charge in [-0.2, -0.15) is 0 Å². The predicted octanol–water partition coefficient (Wildman–Crippen LogP) is 3.66. The number of carbonyl (C=O) groups excluding carboxylic acids is 3. The lowest BCUT2D eigenvalue weighted by Gasteiger charge is -2.32. The molecular formula is C22H23BrN2O4. The van der Waals surface area contributed by atoms with Gasteiger partial charge in [0.25, 0.3) is 11.8 Å². The summed E-state index contributed by atoms with van der Waals surface area (Å²) in [7, 11) is 0. The first kappa shape index (κ1) is 21.0. The number of benzene rings is 2. The summed E-state index contributed by atoms with van der Waals surface area (Å²) in [5, 5.41) is 2.99. The van der Waals surface area contributed by atoms with E-state index >= 15 is 0 Å². The van der Waals surface area contributed by atoms with Crippen LogP contribution in [-0.4, -0.2) is 42.3 Å². The van der Waals surface area contributed by atoms with E-state index in [2.05, 4.69) is 21.2 Å². The zero-order chi connectivity index (χ0) is 20.8. The molecule has 0 aromatic heterocycles. The molecule has 152 valence electrons. The molecule has 1 heterocycles. The van der Waals surface area contributed by atoms with Crippen molar-refractivity contribution < 1.29 is 19.1 Å². The summed E-state index contributed by atoms with van der Waals surface area (Å²) < 4.78 is 5.92. The molecule has 0 unspecified atom stereocenters. The molecule has 0 radical (unpaired) electrons. The second-order valence-corrected chi connectivity index (χ2v) is 7.99. The van der Waals surface area contributed by atoms with E-state index in [0.29, 0.717) is 42.4 Å². The number of piperidine rings is 1. The summed E-state index contributed by atoms with van der Waals surface area (Å²) in [6.45, 7) is 3.19. The molecule has 6 nitrogen and oxygen atoms in total. The third-order valence-electron chi connectivity index (χ3n) is 4.88. The molecule has 1 fully saturated rings. The molecule has 3 rings (SSSR count). The summed E-state index contributed by atoms with van der Waals surface area (Å²) in [5.74, 6) is 0.124. The molecule has 0 aliphatic carbocycles. The first-order valence-electron chi connectivity index (χ1n) is 9.54. The lowest BCUT2D eigenvalue weighted by Crippen LogP contribution is -2.41. The zero-order valence-electron chi connectivity index (χ0n) is 16.2. The van der Waals surface area contributed by atoms with Gasteiger partial charge in [0, 0.05) is 42.2 Å². The Morgan fingerprint density at radius 1 is 1.07 bits per heavy atom. The molecule has 2 aromatic rings. The van der Waals surface area contributed by atoms with Crippen molar-refractivity contribution in [1.82, 2.24) is 10.2 Å². The van der Waals surface area contributed by atoms with Gasteiger partial charge >= 0.3 is 5.97 Å². The number of nitrogens with zero attached hydrogens (tertiary/aromatic N) is 1. The number of amides is 2. The molecule has 7 heteroatoms. The van der Waals surface area contributed by atoms with Crippen LogP contribution in [0.15, 0.2) is 53.0 Å². The predicted molar refractivity (Wildman–Crippen MR) is 113 cm³/mol. The second-order valence-electron chi connectivity index (χ2n) is 7.08. The van der Waals surface area contributed by atoms with Gasteiger partial charge in [0.15, 0.2) is 0 Å². The molecule has 1 N–H and O–H groups in total. The number of likely N-dealkylation sites (tertiary alicyclic amines) is 1. The van der Waals surface area contributed by atoms with Gasteiger partial charge in [-0.05, 0) is 55.2 Å². The number of halogens is 1. The van der Waals surface area contributed by atoms with Crippen LogP contribution in [0.1, 0.15) is 40.5 Å². The molecule has 2 amide bonds. The van der Waals surface area contributed by atoms with Crippen LogP contribution < -0.4 is 10.1 Å². The fourth-order valence-corrected chi connectivity index (χ4v) is 3.75. The minimum Gasteiger partial charge on any atom is -0.427 e. The molecule has 0 bridgehead atoms. The van der Waals surface area contributed by atoms with Crippen molar-refractivity contribution in [3.8, 4) is 5.75 Å². The Labute approximate surface area is 178 Å². The van der Waals surface area contributed by atoms with Gasteiger partial charge in [-0.3, -0.25) is 14.4 Å². The Bertz CT molecular complexity index is 907. The van der Waals surface area contributed by atoms with Gasteiger partial charge < -0.3 is 15.0 Å². The van der Waals surface area contributed by atoms with Gasteiger partial charge in [0.2, 0.25) is 0 Å². The van der Waals surface area contributed by atoms with Crippen LogP contribution in [0.4, 0.5) is 0 Å². The highest BCUT2D eigenvalue weighted by Crippen LogP contribution is 2.21. The molecule has 0 atom stereocenters. The fraction of sp³-hybridized carbons (Fsp3) is 0.318. The van der Waals surface area contributed by atoms with Gasteiger partial charge in [0.1, 0.15) is 5.75 Å². The fourth-order valence-electron chi connectivity index (χ4n) is 3.35. The summed E-state index contributed by atoms with van der Waals surface area (Å²) in [6.07, 6.45) is 1.66. The van der Waals surface area contributed by atoms with Gasteiger partial charge in [0.05, 0.1) is 0 Å². The third kappa shape index (κ3) is 5.90. The SMILES string of the molecule is CC(=O)Oc1cccc(C(=O)N2CCC(CNC(=O)c3cccc(Br)c3)CC2)c1. The number of nitrogens with one attached hydrogen (secondary N) is 1. The van der Waals surface area contributed by atoms with E-state index in [-0.39, 0.29) is 11.8 Å². The van der Waals surface area contributed by atoms with Gasteiger partial charge in [-0.1, -0.05) is 28.1 Å². The van der Waals surface area contributed by atoms with E-state index < -0.39 is 5.97 Å². The number of ether oxygens (including phenoxy) is 1.